The molecule has 2 aromatic rings. The van der Waals surface area contributed by atoms with E-state index >= 15 is 0 Å². The Morgan fingerprint density at radius 2 is 1.80 bits per heavy atom. The minimum absolute atomic E-state index is 0.0256. The number of pyridine rings is 1. The number of methoxy groups -OCH3 is 1. The van der Waals surface area contributed by atoms with Crippen molar-refractivity contribution >= 4 is 11.8 Å². The molecule has 2 heterocycles. The molecule has 0 N–H and O–H groups in total. The predicted octanol–water partition coefficient (Wildman–Crippen LogP) is 2.38. The summed E-state index contributed by atoms with van der Waals surface area (Å²) in [6.07, 6.45) is 6.04. The lowest BCUT2D eigenvalue weighted by Crippen LogP contribution is -2.55. The maximum absolute atomic E-state index is 13.3. The summed E-state index contributed by atoms with van der Waals surface area (Å²) in [5, 5.41) is 0. The van der Waals surface area contributed by atoms with E-state index in [1.54, 1.807) is 38.4 Å². The predicted molar refractivity (Wildman–Crippen MR) is 113 cm³/mol. The molecular weight excluding hydrogens is 382 g/mol. The largest absolute Gasteiger partial charge is 0.495 e. The standard InChI is InChI=1S/C23H27N3O4/c1-16-11-12-26(18-9-5-6-10-19(18)30-2)23(29)21(16)22(28)24-13-14-25(20(27)15-24)17-7-3-4-8-17/h5-6,9-12,17H,3-4,7-8,13-15H2,1-2H3. The number of hydrogen-bond donors (Lipinski definition) is 0. The minimum atomic E-state index is -0.407. The molecule has 1 aromatic carbocycles. The van der Waals surface area contributed by atoms with Crippen LogP contribution in [-0.4, -0.2) is 59.0 Å². The van der Waals surface area contributed by atoms with E-state index in [0.29, 0.717) is 36.1 Å². The topological polar surface area (TPSA) is 71.8 Å². The van der Waals surface area contributed by atoms with Gasteiger partial charge in [0.1, 0.15) is 17.9 Å². The number of rotatable bonds is 4. The van der Waals surface area contributed by atoms with Crippen LogP contribution in [0.4, 0.5) is 0 Å². The number of carbonyl (C=O) groups excluding carboxylic acids is 2. The number of ether oxygens (including phenoxy) is 1. The molecule has 1 aliphatic heterocycles. The molecule has 2 fully saturated rings. The van der Waals surface area contributed by atoms with Crippen molar-refractivity contribution in [1.82, 2.24) is 14.4 Å². The van der Waals surface area contributed by atoms with Crippen molar-refractivity contribution in [2.24, 2.45) is 0 Å². The Bertz CT molecular complexity index is 1020. The van der Waals surface area contributed by atoms with Gasteiger partial charge in [0.2, 0.25) is 5.91 Å². The molecule has 2 aliphatic rings. The van der Waals surface area contributed by atoms with E-state index in [2.05, 4.69) is 0 Å². The summed E-state index contributed by atoms with van der Waals surface area (Å²) in [4.78, 5) is 42.6. The fourth-order valence-corrected chi connectivity index (χ4v) is 4.53. The van der Waals surface area contributed by atoms with E-state index in [-0.39, 0.29) is 23.9 Å². The van der Waals surface area contributed by atoms with Gasteiger partial charge in [-0.2, -0.15) is 0 Å². The zero-order chi connectivity index (χ0) is 21.3. The molecule has 7 heteroatoms. The van der Waals surface area contributed by atoms with Crippen LogP contribution in [0.25, 0.3) is 5.69 Å². The van der Waals surface area contributed by atoms with Gasteiger partial charge in [0.25, 0.3) is 11.5 Å². The fourth-order valence-electron chi connectivity index (χ4n) is 4.53. The Hall–Kier alpha value is -3.09. The number of nitrogens with zero attached hydrogens (tertiary/aromatic N) is 3. The van der Waals surface area contributed by atoms with E-state index in [9.17, 15) is 14.4 Å². The molecule has 1 saturated heterocycles. The highest BCUT2D eigenvalue weighted by Crippen LogP contribution is 2.25. The Morgan fingerprint density at radius 1 is 1.07 bits per heavy atom. The van der Waals surface area contributed by atoms with Crippen LogP contribution in [0.15, 0.2) is 41.3 Å². The highest BCUT2D eigenvalue weighted by Gasteiger charge is 2.34. The number of para-hydroxylation sites is 2. The van der Waals surface area contributed by atoms with Crippen molar-refractivity contribution in [3.8, 4) is 11.4 Å². The van der Waals surface area contributed by atoms with Crippen LogP contribution in [0, 0.1) is 6.92 Å². The Morgan fingerprint density at radius 3 is 2.50 bits per heavy atom. The van der Waals surface area contributed by atoms with Crippen molar-refractivity contribution in [3.63, 3.8) is 0 Å². The summed E-state index contributed by atoms with van der Waals surface area (Å²) in [6.45, 7) is 2.75. The van der Waals surface area contributed by atoms with Crippen LogP contribution in [-0.2, 0) is 4.79 Å². The van der Waals surface area contributed by atoms with Gasteiger partial charge in [-0.05, 0) is 43.5 Å². The average Bonchev–Trinajstić information content (AvgIpc) is 3.28. The molecule has 1 saturated carbocycles. The molecule has 1 aliphatic carbocycles. The van der Waals surface area contributed by atoms with Gasteiger partial charge < -0.3 is 14.5 Å². The molecule has 7 nitrogen and oxygen atoms in total. The summed E-state index contributed by atoms with van der Waals surface area (Å²) < 4.78 is 6.80. The van der Waals surface area contributed by atoms with E-state index < -0.39 is 5.56 Å². The number of piperazine rings is 1. The third-order valence-electron chi connectivity index (χ3n) is 6.17. The lowest BCUT2D eigenvalue weighted by atomic mass is 10.1. The number of carbonyl (C=O) groups is 2. The Labute approximate surface area is 175 Å². The molecular formula is C23H27N3O4. The lowest BCUT2D eigenvalue weighted by molar-refractivity contribution is -0.137. The third kappa shape index (κ3) is 3.60. The third-order valence-corrected chi connectivity index (χ3v) is 6.17. The molecule has 1 aromatic heterocycles. The summed E-state index contributed by atoms with van der Waals surface area (Å²) >= 11 is 0. The quantitative estimate of drug-likeness (QED) is 0.777. The molecule has 4 rings (SSSR count). The van der Waals surface area contributed by atoms with Crippen molar-refractivity contribution in [2.75, 3.05) is 26.7 Å². The summed E-state index contributed by atoms with van der Waals surface area (Å²) in [5.41, 5.74) is 0.865. The van der Waals surface area contributed by atoms with Crippen LogP contribution < -0.4 is 10.3 Å². The van der Waals surface area contributed by atoms with E-state index in [1.807, 2.05) is 17.0 Å². The first-order chi connectivity index (χ1) is 14.5. The second-order valence-electron chi connectivity index (χ2n) is 7.97. The number of hydrogen-bond acceptors (Lipinski definition) is 4. The van der Waals surface area contributed by atoms with Gasteiger partial charge in [-0.3, -0.25) is 19.0 Å². The zero-order valence-corrected chi connectivity index (χ0v) is 17.5. The Balaban J connectivity index is 1.62. The van der Waals surface area contributed by atoms with Crippen LogP contribution in [0.1, 0.15) is 41.6 Å². The van der Waals surface area contributed by atoms with Crippen LogP contribution in [0.5, 0.6) is 5.75 Å². The van der Waals surface area contributed by atoms with Gasteiger partial charge in [0.05, 0.1) is 12.8 Å². The fraction of sp³-hybridized carbons (Fsp3) is 0.435. The first kappa shape index (κ1) is 20.2. The number of aromatic nitrogens is 1. The van der Waals surface area contributed by atoms with Gasteiger partial charge >= 0.3 is 0 Å². The molecule has 0 atom stereocenters. The smallest absolute Gasteiger partial charge is 0.268 e. The van der Waals surface area contributed by atoms with Gasteiger partial charge in [-0.1, -0.05) is 25.0 Å². The first-order valence-electron chi connectivity index (χ1n) is 10.5. The van der Waals surface area contributed by atoms with Gasteiger partial charge in [0, 0.05) is 25.3 Å². The Kier molecular flexibility index (Phi) is 5.61. The highest BCUT2D eigenvalue weighted by molar-refractivity contribution is 5.98. The highest BCUT2D eigenvalue weighted by atomic mass is 16.5. The van der Waals surface area contributed by atoms with Gasteiger partial charge in [-0.25, -0.2) is 0 Å². The number of benzene rings is 1. The van der Waals surface area contributed by atoms with Crippen molar-refractivity contribution < 1.29 is 14.3 Å². The first-order valence-corrected chi connectivity index (χ1v) is 10.5. The monoisotopic (exact) mass is 409 g/mol. The maximum atomic E-state index is 13.3. The van der Waals surface area contributed by atoms with Gasteiger partial charge in [-0.15, -0.1) is 0 Å². The van der Waals surface area contributed by atoms with E-state index in [4.69, 9.17) is 4.74 Å². The molecule has 30 heavy (non-hydrogen) atoms. The second-order valence-corrected chi connectivity index (χ2v) is 7.97. The normalized spacial score (nSPS) is 17.5. The zero-order valence-electron chi connectivity index (χ0n) is 17.5. The van der Waals surface area contributed by atoms with Crippen LogP contribution in [0.2, 0.25) is 0 Å². The molecule has 0 radical (unpaired) electrons. The minimum Gasteiger partial charge on any atom is -0.495 e. The van der Waals surface area contributed by atoms with Crippen LogP contribution in [0.3, 0.4) is 0 Å². The van der Waals surface area contributed by atoms with Crippen molar-refractivity contribution in [3.05, 3.63) is 58.0 Å². The maximum Gasteiger partial charge on any atom is 0.268 e. The summed E-state index contributed by atoms with van der Waals surface area (Å²) in [6, 6.07) is 9.22. The molecule has 2 amide bonds. The number of amides is 2. The summed E-state index contributed by atoms with van der Waals surface area (Å²) in [5.74, 6) is 0.128. The van der Waals surface area contributed by atoms with Crippen molar-refractivity contribution in [2.45, 2.75) is 38.6 Å². The molecule has 158 valence electrons. The lowest BCUT2D eigenvalue weighted by Gasteiger charge is -2.37. The van der Waals surface area contributed by atoms with Crippen LogP contribution >= 0.6 is 0 Å². The SMILES string of the molecule is COc1ccccc1-n1ccc(C)c(C(=O)N2CCN(C3CCCC3)C(=O)C2)c1=O. The van der Waals surface area contributed by atoms with Gasteiger partial charge in [0.15, 0.2) is 0 Å². The summed E-state index contributed by atoms with van der Waals surface area (Å²) in [7, 11) is 1.54. The number of aryl methyl sites for hydroxylation is 1. The van der Waals surface area contributed by atoms with E-state index in [0.717, 1.165) is 25.7 Å². The van der Waals surface area contributed by atoms with Crippen molar-refractivity contribution in [1.29, 1.82) is 0 Å². The van der Waals surface area contributed by atoms with E-state index in [1.165, 1.54) is 9.47 Å². The molecule has 0 spiro atoms. The molecule has 0 unspecified atom stereocenters. The second kappa shape index (κ2) is 8.34. The molecule has 0 bridgehead atoms. The average molecular weight is 409 g/mol.